The third-order valence-electron chi connectivity index (χ3n) is 1.72. The van der Waals surface area contributed by atoms with Crippen LogP contribution in [0.1, 0.15) is 27.2 Å². The van der Waals surface area contributed by atoms with Gasteiger partial charge in [0.15, 0.2) is 0 Å². The first-order chi connectivity index (χ1) is 5.68. The zero-order chi connectivity index (χ0) is 10.7. The van der Waals surface area contributed by atoms with Gasteiger partial charge < -0.3 is 5.11 Å². The largest absolute Gasteiger partial charge is 0.383 e. The van der Waals surface area contributed by atoms with Crippen molar-refractivity contribution in [1.82, 2.24) is 0 Å². The molecule has 0 amide bonds. The second kappa shape index (κ2) is 4.02. The van der Waals surface area contributed by atoms with Crippen molar-refractivity contribution in [3.05, 3.63) is 10.1 Å². The minimum atomic E-state index is -1.39. The standard InChI is InChI=1S/C8H16NO4/c1-7(2,6-10)4-8(3,11)5-9(12)13/h11H,4-6H2,1-3H3. The van der Waals surface area contributed by atoms with Gasteiger partial charge in [-0.15, -0.1) is 0 Å². The Morgan fingerprint density at radius 3 is 2.15 bits per heavy atom. The highest BCUT2D eigenvalue weighted by molar-refractivity contribution is 4.80. The van der Waals surface area contributed by atoms with Crippen LogP contribution >= 0.6 is 0 Å². The van der Waals surface area contributed by atoms with Gasteiger partial charge in [0, 0.05) is 4.92 Å². The molecule has 0 aliphatic rings. The molecule has 0 heterocycles. The Bertz CT molecular complexity index is 189. The van der Waals surface area contributed by atoms with Gasteiger partial charge >= 0.3 is 0 Å². The van der Waals surface area contributed by atoms with E-state index in [-0.39, 0.29) is 13.0 Å². The molecule has 0 aromatic heterocycles. The van der Waals surface area contributed by atoms with Crippen molar-refractivity contribution in [2.75, 3.05) is 13.2 Å². The Balaban J connectivity index is 4.24. The van der Waals surface area contributed by atoms with Gasteiger partial charge in [0.05, 0.1) is 6.61 Å². The summed E-state index contributed by atoms with van der Waals surface area (Å²) in [5.74, 6) is 0. The van der Waals surface area contributed by atoms with Crippen molar-refractivity contribution >= 4 is 0 Å². The molecule has 0 aromatic rings. The molecule has 0 bridgehead atoms. The topological polar surface area (TPSA) is 83.3 Å². The Morgan fingerprint density at radius 2 is 1.85 bits per heavy atom. The Morgan fingerprint density at radius 1 is 1.38 bits per heavy atom. The predicted molar refractivity (Wildman–Crippen MR) is 46.4 cm³/mol. The van der Waals surface area contributed by atoms with Crippen LogP contribution in [0.15, 0.2) is 0 Å². The second-order valence-electron chi connectivity index (χ2n) is 4.47. The van der Waals surface area contributed by atoms with E-state index in [0.717, 1.165) is 0 Å². The molecule has 0 fully saturated rings. The monoisotopic (exact) mass is 190 g/mol. The summed E-state index contributed by atoms with van der Waals surface area (Å²) >= 11 is 0. The molecule has 77 valence electrons. The third-order valence-corrected chi connectivity index (χ3v) is 1.72. The lowest BCUT2D eigenvalue weighted by Crippen LogP contribution is -2.39. The summed E-state index contributed by atoms with van der Waals surface area (Å²) < 4.78 is 0. The lowest BCUT2D eigenvalue weighted by molar-refractivity contribution is -0.500. The van der Waals surface area contributed by atoms with Gasteiger partial charge in [0.25, 0.3) is 0 Å². The van der Waals surface area contributed by atoms with Crippen molar-refractivity contribution in [2.24, 2.45) is 5.41 Å². The number of hydrogen-bond acceptors (Lipinski definition) is 3. The van der Waals surface area contributed by atoms with Crippen LogP contribution in [0.5, 0.6) is 0 Å². The summed E-state index contributed by atoms with van der Waals surface area (Å²) in [5.41, 5.74) is -1.99. The van der Waals surface area contributed by atoms with E-state index in [0.29, 0.717) is 0 Å². The summed E-state index contributed by atoms with van der Waals surface area (Å²) in [5, 5.41) is 30.4. The molecule has 0 aromatic carbocycles. The van der Waals surface area contributed by atoms with Crippen LogP contribution in [0, 0.1) is 15.5 Å². The quantitative estimate of drug-likeness (QED) is 0.515. The minimum absolute atomic E-state index is 0.143. The fourth-order valence-electron chi connectivity index (χ4n) is 1.42. The van der Waals surface area contributed by atoms with Crippen LogP contribution < -0.4 is 0 Å². The molecule has 0 aliphatic carbocycles. The van der Waals surface area contributed by atoms with Crippen LogP contribution in [-0.2, 0) is 5.11 Å². The minimum Gasteiger partial charge on any atom is -0.383 e. The third kappa shape index (κ3) is 5.54. The van der Waals surface area contributed by atoms with E-state index >= 15 is 0 Å². The Kier molecular flexibility index (Phi) is 3.81. The van der Waals surface area contributed by atoms with Crippen LogP contribution in [0.3, 0.4) is 0 Å². The summed E-state index contributed by atoms with van der Waals surface area (Å²) in [4.78, 5) is 9.59. The van der Waals surface area contributed by atoms with Crippen molar-refractivity contribution in [2.45, 2.75) is 32.8 Å². The van der Waals surface area contributed by atoms with Gasteiger partial charge in [-0.25, -0.2) is 5.11 Å². The molecule has 5 nitrogen and oxygen atoms in total. The zero-order valence-electron chi connectivity index (χ0n) is 8.24. The van der Waals surface area contributed by atoms with E-state index < -0.39 is 22.5 Å². The molecule has 0 spiro atoms. The number of hydrogen-bond donors (Lipinski definition) is 1. The van der Waals surface area contributed by atoms with Crippen molar-refractivity contribution in [3.8, 4) is 0 Å². The molecule has 0 aliphatic heterocycles. The Labute approximate surface area is 77.5 Å². The molecular formula is C8H16NO4. The fraction of sp³-hybridized carbons (Fsp3) is 1.00. The first-order valence-corrected chi connectivity index (χ1v) is 4.11. The maximum absolute atomic E-state index is 10.6. The van der Waals surface area contributed by atoms with E-state index in [1.165, 1.54) is 6.92 Å². The van der Waals surface area contributed by atoms with Crippen LogP contribution in [0.2, 0.25) is 0 Å². The molecule has 0 rings (SSSR count). The van der Waals surface area contributed by atoms with E-state index in [1.54, 1.807) is 13.8 Å². The van der Waals surface area contributed by atoms with Crippen LogP contribution in [0.4, 0.5) is 0 Å². The van der Waals surface area contributed by atoms with Crippen molar-refractivity contribution in [3.63, 3.8) is 0 Å². The highest BCUT2D eigenvalue weighted by atomic mass is 16.6. The smallest absolute Gasteiger partial charge is 0.231 e. The lowest BCUT2D eigenvalue weighted by atomic mass is 9.82. The second-order valence-corrected chi connectivity index (χ2v) is 4.47. The number of rotatable bonds is 5. The average Bonchev–Trinajstić information content (AvgIpc) is 1.81. The molecule has 0 saturated heterocycles. The molecule has 13 heavy (non-hydrogen) atoms. The summed E-state index contributed by atoms with van der Waals surface area (Å²) in [6, 6.07) is 0. The molecule has 1 atom stereocenters. The summed E-state index contributed by atoms with van der Waals surface area (Å²) in [7, 11) is 0. The van der Waals surface area contributed by atoms with Crippen molar-refractivity contribution in [1.29, 1.82) is 0 Å². The lowest BCUT2D eigenvalue weighted by Gasteiger charge is -2.28. The van der Waals surface area contributed by atoms with Crippen molar-refractivity contribution < 1.29 is 15.1 Å². The number of aliphatic hydroxyl groups is 1. The van der Waals surface area contributed by atoms with E-state index in [4.69, 9.17) is 0 Å². The van der Waals surface area contributed by atoms with Crippen LogP contribution in [0.25, 0.3) is 0 Å². The van der Waals surface area contributed by atoms with Crippen LogP contribution in [-0.4, -0.2) is 28.8 Å². The predicted octanol–water partition coefficient (Wildman–Crippen LogP) is 0.861. The maximum atomic E-state index is 10.6. The van der Waals surface area contributed by atoms with Gasteiger partial charge in [-0.3, -0.25) is 10.1 Å². The summed E-state index contributed by atoms with van der Waals surface area (Å²) in [6.45, 7) is 3.90. The van der Waals surface area contributed by atoms with E-state index in [1.807, 2.05) is 0 Å². The van der Waals surface area contributed by atoms with E-state index in [2.05, 4.69) is 0 Å². The average molecular weight is 190 g/mol. The molecule has 1 unspecified atom stereocenters. The normalized spacial score (nSPS) is 16.7. The SMILES string of the molecule is CC(C)(C[O])CC(C)(O)C[N+](=O)[O-]. The molecule has 1 N–H and O–H groups in total. The first-order valence-electron chi connectivity index (χ1n) is 4.11. The Hall–Kier alpha value is -0.680. The van der Waals surface area contributed by atoms with Gasteiger partial charge in [-0.2, -0.15) is 0 Å². The fourth-order valence-corrected chi connectivity index (χ4v) is 1.42. The van der Waals surface area contributed by atoms with Gasteiger partial charge in [-0.1, -0.05) is 13.8 Å². The van der Waals surface area contributed by atoms with Gasteiger partial charge in [-0.05, 0) is 18.8 Å². The maximum Gasteiger partial charge on any atom is 0.231 e. The molecule has 1 radical (unpaired) electrons. The zero-order valence-corrected chi connectivity index (χ0v) is 8.24. The highest BCUT2D eigenvalue weighted by Gasteiger charge is 2.34. The number of nitrogens with zero attached hydrogens (tertiary/aromatic N) is 1. The molecule has 5 heteroatoms. The first kappa shape index (κ1) is 12.3. The highest BCUT2D eigenvalue weighted by Crippen LogP contribution is 2.27. The molecular weight excluding hydrogens is 174 g/mol. The van der Waals surface area contributed by atoms with E-state index in [9.17, 15) is 20.3 Å². The van der Waals surface area contributed by atoms with Gasteiger partial charge in [0.1, 0.15) is 5.60 Å². The number of nitro groups is 1. The molecule has 0 saturated carbocycles. The summed E-state index contributed by atoms with van der Waals surface area (Å²) in [6.07, 6.45) is 0.143. The van der Waals surface area contributed by atoms with Gasteiger partial charge in [0.2, 0.25) is 6.54 Å².